The van der Waals surface area contributed by atoms with Crippen LogP contribution in [0.3, 0.4) is 0 Å². The molecule has 0 saturated carbocycles. The molecule has 20 heavy (non-hydrogen) atoms. The summed E-state index contributed by atoms with van der Waals surface area (Å²) in [5, 5.41) is 0. The second kappa shape index (κ2) is 6.03. The lowest BCUT2D eigenvalue weighted by Crippen LogP contribution is -2.48. The Morgan fingerprint density at radius 2 is 1.85 bits per heavy atom. The van der Waals surface area contributed by atoms with Gasteiger partial charge in [-0.1, -0.05) is 0 Å². The fourth-order valence-corrected chi connectivity index (χ4v) is 2.41. The molecule has 0 radical (unpaired) electrons. The normalized spacial score (nSPS) is 15.6. The zero-order chi connectivity index (χ0) is 14.7. The van der Waals surface area contributed by atoms with Crippen molar-refractivity contribution in [3.05, 3.63) is 18.2 Å². The van der Waals surface area contributed by atoms with Crippen LogP contribution in [-0.4, -0.2) is 43.1 Å². The van der Waals surface area contributed by atoms with Gasteiger partial charge in [-0.15, -0.1) is 0 Å². The van der Waals surface area contributed by atoms with Crippen molar-refractivity contribution in [1.82, 2.24) is 4.90 Å². The molecule has 0 spiro atoms. The number of rotatable bonds is 3. The van der Waals surface area contributed by atoms with E-state index in [2.05, 4.69) is 4.90 Å². The molecule has 2 N–H and O–H groups in total. The van der Waals surface area contributed by atoms with Crippen LogP contribution in [0.1, 0.15) is 20.8 Å². The van der Waals surface area contributed by atoms with E-state index in [1.165, 1.54) is 0 Å². The summed E-state index contributed by atoms with van der Waals surface area (Å²) < 4.78 is 5.71. The number of nitrogens with two attached hydrogens (primary N) is 1. The van der Waals surface area contributed by atoms with E-state index >= 15 is 0 Å². The third-order valence-electron chi connectivity index (χ3n) is 3.38. The minimum atomic E-state index is 0.124. The molecule has 0 bridgehead atoms. The Morgan fingerprint density at radius 1 is 1.20 bits per heavy atom. The van der Waals surface area contributed by atoms with Gasteiger partial charge in [-0.05, 0) is 19.9 Å². The monoisotopic (exact) mass is 277 g/mol. The molecule has 1 saturated heterocycles. The molecule has 1 aliphatic rings. The van der Waals surface area contributed by atoms with Crippen molar-refractivity contribution in [2.75, 3.05) is 36.8 Å². The summed E-state index contributed by atoms with van der Waals surface area (Å²) in [4.78, 5) is 15.4. The van der Waals surface area contributed by atoms with Gasteiger partial charge in [0.1, 0.15) is 5.75 Å². The Morgan fingerprint density at radius 3 is 2.40 bits per heavy atom. The summed E-state index contributed by atoms with van der Waals surface area (Å²) in [5.74, 6) is 0.935. The van der Waals surface area contributed by atoms with Crippen LogP contribution in [-0.2, 0) is 4.79 Å². The molecule has 1 aliphatic heterocycles. The van der Waals surface area contributed by atoms with Crippen molar-refractivity contribution in [1.29, 1.82) is 0 Å². The van der Waals surface area contributed by atoms with Gasteiger partial charge in [-0.25, -0.2) is 0 Å². The molecular formula is C15H23N3O2. The molecule has 110 valence electrons. The predicted molar refractivity (Wildman–Crippen MR) is 81.1 cm³/mol. The number of anilines is 2. The van der Waals surface area contributed by atoms with E-state index in [4.69, 9.17) is 10.5 Å². The van der Waals surface area contributed by atoms with Gasteiger partial charge in [0.05, 0.1) is 6.10 Å². The average molecular weight is 277 g/mol. The number of nitrogens with zero attached hydrogens (tertiary/aromatic N) is 2. The number of carbonyl (C=O) groups excluding carboxylic acids is 1. The van der Waals surface area contributed by atoms with Gasteiger partial charge >= 0.3 is 0 Å². The van der Waals surface area contributed by atoms with Crippen molar-refractivity contribution >= 4 is 17.3 Å². The Hall–Kier alpha value is -1.91. The number of ether oxygens (including phenoxy) is 1. The maximum Gasteiger partial charge on any atom is 0.219 e. The van der Waals surface area contributed by atoms with Crippen molar-refractivity contribution in [2.24, 2.45) is 0 Å². The van der Waals surface area contributed by atoms with Crippen molar-refractivity contribution in [3.63, 3.8) is 0 Å². The number of piperazine rings is 1. The molecular weight excluding hydrogens is 254 g/mol. The van der Waals surface area contributed by atoms with Crippen LogP contribution in [0.5, 0.6) is 5.75 Å². The summed E-state index contributed by atoms with van der Waals surface area (Å²) in [6, 6.07) is 5.81. The first-order valence-electron chi connectivity index (χ1n) is 7.03. The zero-order valence-electron chi connectivity index (χ0n) is 12.4. The Bertz CT molecular complexity index is 480. The van der Waals surface area contributed by atoms with E-state index in [1.807, 2.05) is 36.9 Å². The van der Waals surface area contributed by atoms with E-state index in [0.717, 1.165) is 37.6 Å². The molecule has 1 aromatic rings. The van der Waals surface area contributed by atoms with Gasteiger partial charge in [0.2, 0.25) is 5.91 Å². The molecule has 5 nitrogen and oxygen atoms in total. The standard InChI is InChI=1S/C15H23N3O2/c1-11(2)20-15-9-13(16)8-14(10-15)18-6-4-17(5-7-18)12(3)19/h8-11H,4-7,16H2,1-3H3. The van der Waals surface area contributed by atoms with Crippen LogP contribution >= 0.6 is 0 Å². The van der Waals surface area contributed by atoms with Gasteiger partial charge in [0, 0.05) is 56.6 Å². The van der Waals surface area contributed by atoms with Crippen LogP contribution in [0.2, 0.25) is 0 Å². The average Bonchev–Trinajstić information content (AvgIpc) is 2.37. The van der Waals surface area contributed by atoms with Crippen molar-refractivity contribution in [3.8, 4) is 5.75 Å². The third kappa shape index (κ3) is 3.56. The van der Waals surface area contributed by atoms with E-state index in [-0.39, 0.29) is 12.0 Å². The number of hydrogen-bond donors (Lipinski definition) is 1. The van der Waals surface area contributed by atoms with Gasteiger partial charge in [-0.3, -0.25) is 4.79 Å². The lowest BCUT2D eigenvalue weighted by molar-refractivity contribution is -0.129. The van der Waals surface area contributed by atoms with E-state index in [1.54, 1.807) is 6.92 Å². The Kier molecular flexibility index (Phi) is 4.37. The highest BCUT2D eigenvalue weighted by atomic mass is 16.5. The summed E-state index contributed by atoms with van der Waals surface area (Å²) in [6.07, 6.45) is 0.124. The third-order valence-corrected chi connectivity index (χ3v) is 3.38. The van der Waals surface area contributed by atoms with Crippen LogP contribution in [0.15, 0.2) is 18.2 Å². The minimum absolute atomic E-state index is 0.124. The van der Waals surface area contributed by atoms with Crippen molar-refractivity contribution < 1.29 is 9.53 Å². The predicted octanol–water partition coefficient (Wildman–Crippen LogP) is 1.72. The number of amides is 1. The van der Waals surface area contributed by atoms with Gasteiger partial charge in [-0.2, -0.15) is 0 Å². The largest absolute Gasteiger partial charge is 0.491 e. The van der Waals surface area contributed by atoms with Crippen LogP contribution in [0.4, 0.5) is 11.4 Å². The quantitative estimate of drug-likeness (QED) is 0.855. The molecule has 2 rings (SSSR count). The van der Waals surface area contributed by atoms with Gasteiger partial charge in [0.25, 0.3) is 0 Å². The molecule has 0 unspecified atom stereocenters. The second-order valence-corrected chi connectivity index (χ2v) is 5.42. The van der Waals surface area contributed by atoms with E-state index < -0.39 is 0 Å². The maximum atomic E-state index is 11.3. The minimum Gasteiger partial charge on any atom is -0.491 e. The summed E-state index contributed by atoms with van der Waals surface area (Å²) in [5.41, 5.74) is 7.71. The lowest BCUT2D eigenvalue weighted by atomic mass is 10.2. The molecule has 1 aromatic carbocycles. The smallest absolute Gasteiger partial charge is 0.219 e. The molecule has 1 fully saturated rings. The Labute approximate surface area is 120 Å². The molecule has 0 aliphatic carbocycles. The van der Waals surface area contributed by atoms with E-state index in [9.17, 15) is 4.79 Å². The fraction of sp³-hybridized carbons (Fsp3) is 0.533. The number of carbonyl (C=O) groups is 1. The summed E-state index contributed by atoms with van der Waals surface area (Å²) >= 11 is 0. The maximum absolute atomic E-state index is 11.3. The lowest BCUT2D eigenvalue weighted by Gasteiger charge is -2.35. The van der Waals surface area contributed by atoms with Crippen LogP contribution in [0, 0.1) is 0 Å². The Balaban J connectivity index is 2.09. The number of hydrogen-bond acceptors (Lipinski definition) is 4. The second-order valence-electron chi connectivity index (χ2n) is 5.42. The van der Waals surface area contributed by atoms with Gasteiger partial charge < -0.3 is 20.3 Å². The molecule has 5 heteroatoms. The molecule has 1 heterocycles. The van der Waals surface area contributed by atoms with Crippen LogP contribution in [0.25, 0.3) is 0 Å². The van der Waals surface area contributed by atoms with Crippen LogP contribution < -0.4 is 15.4 Å². The first kappa shape index (κ1) is 14.5. The summed E-state index contributed by atoms with van der Waals surface area (Å²) in [6.45, 7) is 8.76. The van der Waals surface area contributed by atoms with E-state index in [0.29, 0.717) is 5.69 Å². The molecule has 0 aromatic heterocycles. The highest BCUT2D eigenvalue weighted by Gasteiger charge is 2.19. The molecule has 0 atom stereocenters. The first-order valence-corrected chi connectivity index (χ1v) is 7.03. The number of benzene rings is 1. The highest BCUT2D eigenvalue weighted by Crippen LogP contribution is 2.27. The fourth-order valence-electron chi connectivity index (χ4n) is 2.41. The zero-order valence-corrected chi connectivity index (χ0v) is 12.4. The van der Waals surface area contributed by atoms with Gasteiger partial charge in [0.15, 0.2) is 0 Å². The first-order chi connectivity index (χ1) is 9.45. The number of nitrogen functional groups attached to an aromatic ring is 1. The highest BCUT2D eigenvalue weighted by molar-refractivity contribution is 5.73. The SMILES string of the molecule is CC(=O)N1CCN(c2cc(N)cc(OC(C)C)c2)CC1. The summed E-state index contributed by atoms with van der Waals surface area (Å²) in [7, 11) is 0. The van der Waals surface area contributed by atoms with Crippen molar-refractivity contribution in [2.45, 2.75) is 26.9 Å². The topological polar surface area (TPSA) is 58.8 Å². The molecule has 1 amide bonds.